The molecule has 91 valence electrons. The van der Waals surface area contributed by atoms with Crippen LogP contribution in [0.1, 0.15) is 13.8 Å². The lowest BCUT2D eigenvalue weighted by molar-refractivity contribution is -0.123. The highest BCUT2D eigenvalue weighted by atomic mass is 16.4. The third kappa shape index (κ3) is 4.06. The van der Waals surface area contributed by atoms with Gasteiger partial charge in [-0.2, -0.15) is 0 Å². The van der Waals surface area contributed by atoms with E-state index < -0.39 is 6.09 Å². The van der Waals surface area contributed by atoms with Gasteiger partial charge in [-0.3, -0.25) is 9.69 Å². The van der Waals surface area contributed by atoms with Crippen LogP contribution < -0.4 is 5.32 Å². The molecule has 2 amide bonds. The fourth-order valence-corrected chi connectivity index (χ4v) is 1.66. The first-order valence-electron chi connectivity index (χ1n) is 5.46. The Morgan fingerprint density at radius 2 is 1.75 bits per heavy atom. The van der Waals surface area contributed by atoms with E-state index in [0.29, 0.717) is 32.7 Å². The highest BCUT2D eigenvalue weighted by molar-refractivity contribution is 5.78. The lowest BCUT2D eigenvalue weighted by Gasteiger charge is -2.32. The second kappa shape index (κ2) is 5.69. The third-order valence-electron chi connectivity index (χ3n) is 2.45. The van der Waals surface area contributed by atoms with Crippen LogP contribution in [0.25, 0.3) is 0 Å². The number of amides is 2. The highest BCUT2D eigenvalue weighted by Crippen LogP contribution is 2.01. The Kier molecular flexibility index (Phi) is 4.54. The Bertz CT molecular complexity index is 260. The predicted molar refractivity (Wildman–Crippen MR) is 57.4 cm³/mol. The molecule has 6 heteroatoms. The molecule has 1 fully saturated rings. The molecule has 0 unspecified atom stereocenters. The number of carbonyl (C=O) groups excluding carboxylic acids is 2. The van der Waals surface area contributed by atoms with Gasteiger partial charge >= 0.3 is 6.09 Å². The van der Waals surface area contributed by atoms with Gasteiger partial charge in [-0.05, 0) is 13.8 Å². The fraction of sp³-hybridized carbons (Fsp3) is 0.800. The number of carbonyl (C=O) groups is 2. The summed E-state index contributed by atoms with van der Waals surface area (Å²) in [7, 11) is 0. The number of piperazine rings is 1. The van der Waals surface area contributed by atoms with Gasteiger partial charge in [0.1, 0.15) is 0 Å². The van der Waals surface area contributed by atoms with E-state index in [-0.39, 0.29) is 11.9 Å². The molecule has 1 aliphatic heterocycles. The summed E-state index contributed by atoms with van der Waals surface area (Å²) in [4.78, 5) is 25.2. The van der Waals surface area contributed by atoms with Crippen molar-refractivity contribution in [3.63, 3.8) is 0 Å². The van der Waals surface area contributed by atoms with Crippen LogP contribution in [0, 0.1) is 0 Å². The Morgan fingerprint density at radius 1 is 1.19 bits per heavy atom. The average Bonchev–Trinajstić information content (AvgIpc) is 2.16. The molecule has 0 atom stereocenters. The number of nitrogens with zero attached hydrogens (tertiary/aromatic N) is 2. The summed E-state index contributed by atoms with van der Waals surface area (Å²) in [6, 6.07) is 0.136. The molecule has 0 saturated carbocycles. The van der Waals surface area contributed by atoms with Crippen LogP contribution in [-0.2, 0) is 9.90 Å². The first-order chi connectivity index (χ1) is 7.49. The molecule has 0 aliphatic carbocycles. The molecule has 0 spiro atoms. The Balaban J connectivity index is 2.26. The molecule has 0 bridgehead atoms. The third-order valence-corrected chi connectivity index (χ3v) is 2.45. The zero-order chi connectivity index (χ0) is 12.1. The van der Waals surface area contributed by atoms with Gasteiger partial charge in [0.2, 0.25) is 5.91 Å². The van der Waals surface area contributed by atoms with Crippen molar-refractivity contribution >= 4 is 12.0 Å². The van der Waals surface area contributed by atoms with Crippen LogP contribution in [0.4, 0.5) is 4.79 Å². The van der Waals surface area contributed by atoms with Crippen LogP contribution in [0.5, 0.6) is 0 Å². The fourth-order valence-electron chi connectivity index (χ4n) is 1.66. The number of hydrogen-bond donors (Lipinski definition) is 1. The van der Waals surface area contributed by atoms with Gasteiger partial charge in [-0.25, -0.2) is 9.90 Å². The maximum absolute atomic E-state index is 11.4. The van der Waals surface area contributed by atoms with Crippen molar-refractivity contribution < 1.29 is 14.7 Å². The van der Waals surface area contributed by atoms with E-state index in [1.54, 1.807) is 0 Å². The molecule has 1 N–H and O–H groups in total. The lowest BCUT2D eigenvalue weighted by atomic mass is 10.3. The molecule has 6 nitrogen and oxygen atoms in total. The summed E-state index contributed by atoms with van der Waals surface area (Å²) in [6.07, 6.45) is -1.13. The molecule has 0 aromatic heterocycles. The summed E-state index contributed by atoms with van der Waals surface area (Å²) >= 11 is 0. The number of nitrogens with one attached hydrogen (secondary N) is 1. The van der Waals surface area contributed by atoms with Crippen LogP contribution in [-0.4, -0.2) is 60.6 Å². The van der Waals surface area contributed by atoms with E-state index in [9.17, 15) is 14.7 Å². The minimum atomic E-state index is -1.13. The molecule has 1 aliphatic rings. The van der Waals surface area contributed by atoms with Crippen LogP contribution in [0.2, 0.25) is 0 Å². The smallest absolute Gasteiger partial charge is 0.353 e. The van der Waals surface area contributed by atoms with Gasteiger partial charge in [0, 0.05) is 32.2 Å². The summed E-state index contributed by atoms with van der Waals surface area (Å²) in [5.41, 5.74) is 0. The molecule has 1 rings (SSSR count). The normalized spacial score (nSPS) is 17.6. The van der Waals surface area contributed by atoms with E-state index >= 15 is 0 Å². The summed E-state index contributed by atoms with van der Waals surface area (Å²) in [6.45, 7) is 6.14. The average molecular weight is 228 g/mol. The van der Waals surface area contributed by atoms with Gasteiger partial charge in [-0.15, -0.1) is 0 Å². The lowest BCUT2D eigenvalue weighted by Crippen LogP contribution is -2.51. The van der Waals surface area contributed by atoms with Crippen molar-refractivity contribution in [3.05, 3.63) is 0 Å². The van der Waals surface area contributed by atoms with E-state index in [1.165, 1.54) is 4.90 Å². The highest BCUT2D eigenvalue weighted by Gasteiger charge is 2.22. The SMILES string of the molecule is CC(C)NC(=O)CN1CCN(C([O])=O)CC1. The van der Waals surface area contributed by atoms with Crippen LogP contribution in [0.15, 0.2) is 0 Å². The maximum Gasteiger partial charge on any atom is 0.453 e. The quantitative estimate of drug-likeness (QED) is 0.719. The molecule has 1 radical (unpaired) electrons. The Morgan fingerprint density at radius 3 is 2.19 bits per heavy atom. The molecule has 16 heavy (non-hydrogen) atoms. The zero-order valence-corrected chi connectivity index (χ0v) is 9.73. The van der Waals surface area contributed by atoms with Crippen molar-refractivity contribution in [1.82, 2.24) is 15.1 Å². The van der Waals surface area contributed by atoms with Crippen molar-refractivity contribution in [2.75, 3.05) is 32.7 Å². The predicted octanol–water partition coefficient (Wildman–Crippen LogP) is -0.321. The molecule has 1 saturated heterocycles. The number of hydrogen-bond acceptors (Lipinski definition) is 3. The van der Waals surface area contributed by atoms with Crippen LogP contribution in [0.3, 0.4) is 0 Å². The van der Waals surface area contributed by atoms with E-state index in [1.807, 2.05) is 18.7 Å². The Hall–Kier alpha value is -1.30. The second-order valence-corrected chi connectivity index (χ2v) is 4.25. The molecule has 0 aromatic rings. The number of rotatable bonds is 3. The van der Waals surface area contributed by atoms with Gasteiger partial charge in [0.25, 0.3) is 0 Å². The van der Waals surface area contributed by atoms with E-state index in [0.717, 1.165) is 0 Å². The monoisotopic (exact) mass is 228 g/mol. The van der Waals surface area contributed by atoms with Gasteiger partial charge < -0.3 is 10.2 Å². The van der Waals surface area contributed by atoms with Crippen molar-refractivity contribution in [2.45, 2.75) is 19.9 Å². The summed E-state index contributed by atoms with van der Waals surface area (Å²) < 4.78 is 0. The minimum Gasteiger partial charge on any atom is -0.353 e. The van der Waals surface area contributed by atoms with Gasteiger partial charge in [0.05, 0.1) is 6.54 Å². The largest absolute Gasteiger partial charge is 0.453 e. The minimum absolute atomic E-state index is 0.0168. The van der Waals surface area contributed by atoms with Crippen molar-refractivity contribution in [1.29, 1.82) is 0 Å². The molecule has 0 aromatic carbocycles. The van der Waals surface area contributed by atoms with Crippen LogP contribution >= 0.6 is 0 Å². The van der Waals surface area contributed by atoms with E-state index in [2.05, 4.69) is 5.32 Å². The maximum atomic E-state index is 11.4. The second-order valence-electron chi connectivity index (χ2n) is 4.25. The first kappa shape index (κ1) is 12.8. The van der Waals surface area contributed by atoms with E-state index in [4.69, 9.17) is 0 Å². The van der Waals surface area contributed by atoms with Gasteiger partial charge in [0.15, 0.2) is 0 Å². The molecule has 1 heterocycles. The molecular weight excluding hydrogens is 210 g/mol. The topological polar surface area (TPSA) is 72.6 Å². The van der Waals surface area contributed by atoms with Crippen molar-refractivity contribution in [3.8, 4) is 0 Å². The Labute approximate surface area is 95.2 Å². The first-order valence-corrected chi connectivity index (χ1v) is 5.46. The van der Waals surface area contributed by atoms with Crippen molar-refractivity contribution in [2.24, 2.45) is 0 Å². The summed E-state index contributed by atoms with van der Waals surface area (Å²) in [5, 5.41) is 13.3. The molecular formula is C10H18N3O3. The van der Waals surface area contributed by atoms with Gasteiger partial charge in [-0.1, -0.05) is 0 Å². The summed E-state index contributed by atoms with van der Waals surface area (Å²) in [5.74, 6) is -0.0168. The zero-order valence-electron chi connectivity index (χ0n) is 9.73. The standard InChI is InChI=1S/C10H18N3O3/c1-8(2)11-9(14)7-12-3-5-13(6-4-12)10(15)16/h8H,3-7H2,1-2H3,(H,11,14).